The number of esters is 1. The van der Waals surface area contributed by atoms with Gasteiger partial charge in [-0.3, -0.25) is 14.6 Å². The summed E-state index contributed by atoms with van der Waals surface area (Å²) in [5.41, 5.74) is 7.56. The van der Waals surface area contributed by atoms with Gasteiger partial charge in [-0.1, -0.05) is 6.92 Å². The van der Waals surface area contributed by atoms with Crippen molar-refractivity contribution < 1.29 is 14.3 Å². The molecule has 0 saturated carbocycles. The summed E-state index contributed by atoms with van der Waals surface area (Å²) in [5.74, 6) is -0.767. The summed E-state index contributed by atoms with van der Waals surface area (Å²) in [7, 11) is 0. The number of pyridine rings is 1. The van der Waals surface area contributed by atoms with Crippen LogP contribution in [-0.2, 0) is 9.53 Å². The molecule has 2 aromatic heterocycles. The Labute approximate surface area is 132 Å². The lowest BCUT2D eigenvalue weighted by Crippen LogP contribution is -2.43. The van der Waals surface area contributed by atoms with E-state index in [4.69, 9.17) is 10.5 Å². The van der Waals surface area contributed by atoms with E-state index in [9.17, 15) is 9.59 Å². The minimum Gasteiger partial charge on any atom is -0.464 e. The first-order chi connectivity index (χ1) is 10.5. The predicted molar refractivity (Wildman–Crippen MR) is 85.9 cm³/mol. The normalized spacial score (nSPS) is 12.1. The van der Waals surface area contributed by atoms with Gasteiger partial charge in [0.2, 0.25) is 0 Å². The van der Waals surface area contributed by atoms with Gasteiger partial charge in [-0.2, -0.15) is 0 Å². The van der Waals surface area contributed by atoms with Gasteiger partial charge in [0, 0.05) is 12.7 Å². The summed E-state index contributed by atoms with van der Waals surface area (Å²) in [4.78, 5) is 28.4. The molecule has 22 heavy (non-hydrogen) atoms. The highest BCUT2D eigenvalue weighted by atomic mass is 32.1. The number of rotatable bonds is 6. The SMILES string of the molecule is CCCOC(=O)[C@H](N)CNC(=O)c1cc2nccc(C)c2s1. The highest BCUT2D eigenvalue weighted by molar-refractivity contribution is 7.21. The van der Waals surface area contributed by atoms with Crippen LogP contribution in [0.15, 0.2) is 18.3 Å². The van der Waals surface area contributed by atoms with E-state index >= 15 is 0 Å². The molecule has 0 aliphatic carbocycles. The topological polar surface area (TPSA) is 94.3 Å². The minimum atomic E-state index is -0.857. The number of amides is 1. The maximum atomic E-state index is 12.1. The van der Waals surface area contributed by atoms with Gasteiger partial charge < -0.3 is 15.8 Å². The lowest BCUT2D eigenvalue weighted by atomic mass is 10.2. The average molecular weight is 321 g/mol. The summed E-state index contributed by atoms with van der Waals surface area (Å²) < 4.78 is 5.92. The third-order valence-electron chi connectivity index (χ3n) is 3.07. The van der Waals surface area contributed by atoms with Crippen molar-refractivity contribution in [2.45, 2.75) is 26.3 Å². The van der Waals surface area contributed by atoms with Gasteiger partial charge in [-0.15, -0.1) is 11.3 Å². The number of nitrogens with two attached hydrogens (primary N) is 1. The fourth-order valence-electron chi connectivity index (χ4n) is 1.86. The molecule has 0 aliphatic heterocycles. The third-order valence-corrected chi connectivity index (χ3v) is 4.32. The van der Waals surface area contributed by atoms with Crippen LogP contribution in [0, 0.1) is 6.92 Å². The highest BCUT2D eigenvalue weighted by Crippen LogP contribution is 2.26. The van der Waals surface area contributed by atoms with Gasteiger partial charge in [-0.05, 0) is 31.0 Å². The summed E-state index contributed by atoms with van der Waals surface area (Å²) in [6.45, 7) is 4.25. The Bertz CT molecular complexity index is 684. The average Bonchev–Trinajstić information content (AvgIpc) is 2.95. The third kappa shape index (κ3) is 3.80. The molecular formula is C15H19N3O3S. The summed E-state index contributed by atoms with van der Waals surface area (Å²) in [5, 5.41) is 2.65. The second-order valence-electron chi connectivity index (χ2n) is 4.94. The molecule has 0 fully saturated rings. The Kier molecular flexibility index (Phi) is 5.46. The van der Waals surface area contributed by atoms with E-state index in [-0.39, 0.29) is 12.5 Å². The Morgan fingerprint density at radius 2 is 2.27 bits per heavy atom. The first-order valence-corrected chi connectivity index (χ1v) is 7.90. The van der Waals surface area contributed by atoms with Crippen LogP contribution in [0.3, 0.4) is 0 Å². The van der Waals surface area contributed by atoms with Gasteiger partial charge in [0.05, 0.1) is 21.7 Å². The molecule has 0 spiro atoms. The number of ether oxygens (including phenoxy) is 1. The van der Waals surface area contributed by atoms with Gasteiger partial charge in [-0.25, -0.2) is 0 Å². The number of nitrogens with one attached hydrogen (secondary N) is 1. The largest absolute Gasteiger partial charge is 0.464 e. The van der Waals surface area contributed by atoms with Crippen molar-refractivity contribution in [3.8, 4) is 0 Å². The fourth-order valence-corrected chi connectivity index (χ4v) is 2.86. The van der Waals surface area contributed by atoms with E-state index in [0.29, 0.717) is 11.5 Å². The summed E-state index contributed by atoms with van der Waals surface area (Å²) in [6.07, 6.45) is 2.45. The van der Waals surface area contributed by atoms with Gasteiger partial charge in [0.15, 0.2) is 0 Å². The van der Waals surface area contributed by atoms with Crippen LogP contribution < -0.4 is 11.1 Å². The number of carbonyl (C=O) groups excluding carboxylic acids is 2. The first-order valence-electron chi connectivity index (χ1n) is 7.08. The number of thiophene rings is 1. The zero-order chi connectivity index (χ0) is 16.1. The monoisotopic (exact) mass is 321 g/mol. The number of nitrogens with zero attached hydrogens (tertiary/aromatic N) is 1. The van der Waals surface area contributed by atoms with E-state index in [0.717, 1.165) is 22.2 Å². The molecule has 0 radical (unpaired) electrons. The number of fused-ring (bicyclic) bond motifs is 1. The molecule has 7 heteroatoms. The van der Waals surface area contributed by atoms with Gasteiger partial charge in [0.25, 0.3) is 5.91 Å². The molecule has 1 atom stereocenters. The van der Waals surface area contributed by atoms with Gasteiger partial charge >= 0.3 is 5.97 Å². The molecule has 2 aromatic rings. The van der Waals surface area contributed by atoms with Crippen LogP contribution in [0.1, 0.15) is 28.6 Å². The first kappa shape index (κ1) is 16.4. The maximum Gasteiger partial charge on any atom is 0.324 e. The lowest BCUT2D eigenvalue weighted by molar-refractivity contribution is -0.145. The minimum absolute atomic E-state index is 0.0437. The van der Waals surface area contributed by atoms with Crippen molar-refractivity contribution in [3.63, 3.8) is 0 Å². The summed E-state index contributed by atoms with van der Waals surface area (Å²) >= 11 is 1.37. The number of aromatic nitrogens is 1. The second-order valence-corrected chi connectivity index (χ2v) is 5.99. The van der Waals surface area contributed by atoms with Crippen molar-refractivity contribution in [2.24, 2.45) is 5.73 Å². The molecule has 6 nitrogen and oxygen atoms in total. The molecule has 118 valence electrons. The number of carbonyl (C=O) groups is 2. The van der Waals surface area contributed by atoms with E-state index in [1.165, 1.54) is 11.3 Å². The van der Waals surface area contributed by atoms with E-state index < -0.39 is 12.0 Å². The van der Waals surface area contributed by atoms with Crippen LogP contribution in [-0.4, -0.2) is 36.1 Å². The van der Waals surface area contributed by atoms with Crippen molar-refractivity contribution in [2.75, 3.05) is 13.2 Å². The molecule has 0 unspecified atom stereocenters. The molecule has 0 aliphatic rings. The standard InChI is InChI=1S/C15H19N3O3S/c1-3-6-21-15(20)10(16)8-18-14(19)12-7-11-13(22-12)9(2)4-5-17-11/h4-5,7,10H,3,6,8,16H2,1-2H3,(H,18,19)/t10-/m1/s1. The van der Waals surface area contributed by atoms with Gasteiger partial charge in [0.1, 0.15) is 6.04 Å². The molecule has 0 saturated heterocycles. The van der Waals surface area contributed by atoms with Crippen LogP contribution >= 0.6 is 11.3 Å². The van der Waals surface area contributed by atoms with Crippen molar-refractivity contribution in [1.29, 1.82) is 0 Å². The predicted octanol–water partition coefficient (Wildman–Crippen LogP) is 1.62. The lowest BCUT2D eigenvalue weighted by Gasteiger charge is -2.11. The number of hydrogen-bond acceptors (Lipinski definition) is 6. The molecule has 0 aromatic carbocycles. The molecule has 2 heterocycles. The Balaban J connectivity index is 1.96. The van der Waals surface area contributed by atoms with E-state index in [1.54, 1.807) is 12.3 Å². The zero-order valence-corrected chi connectivity index (χ0v) is 13.4. The number of hydrogen-bond donors (Lipinski definition) is 2. The Morgan fingerprint density at radius 1 is 1.50 bits per heavy atom. The molecule has 3 N–H and O–H groups in total. The van der Waals surface area contributed by atoms with Crippen LogP contribution in [0.4, 0.5) is 0 Å². The van der Waals surface area contributed by atoms with Crippen LogP contribution in [0.2, 0.25) is 0 Å². The van der Waals surface area contributed by atoms with E-state index in [2.05, 4.69) is 10.3 Å². The van der Waals surface area contributed by atoms with Crippen LogP contribution in [0.5, 0.6) is 0 Å². The second kappa shape index (κ2) is 7.33. The maximum absolute atomic E-state index is 12.1. The molecule has 0 bridgehead atoms. The quantitative estimate of drug-likeness (QED) is 0.788. The molecular weight excluding hydrogens is 302 g/mol. The molecule has 1 amide bonds. The van der Waals surface area contributed by atoms with E-state index in [1.807, 2.05) is 19.9 Å². The van der Waals surface area contributed by atoms with Crippen molar-refractivity contribution in [3.05, 3.63) is 28.8 Å². The number of aryl methyl sites for hydroxylation is 1. The summed E-state index contributed by atoms with van der Waals surface area (Å²) in [6, 6.07) is 2.79. The zero-order valence-electron chi connectivity index (χ0n) is 12.6. The fraction of sp³-hybridized carbons (Fsp3) is 0.400. The highest BCUT2D eigenvalue weighted by Gasteiger charge is 2.17. The van der Waals surface area contributed by atoms with Crippen LogP contribution in [0.25, 0.3) is 10.2 Å². The van der Waals surface area contributed by atoms with Crippen molar-refractivity contribution in [1.82, 2.24) is 10.3 Å². The Morgan fingerprint density at radius 3 is 2.95 bits per heavy atom. The smallest absolute Gasteiger partial charge is 0.324 e. The molecule has 2 rings (SSSR count). The Hall–Kier alpha value is -1.99. The van der Waals surface area contributed by atoms with Crippen molar-refractivity contribution >= 4 is 33.4 Å².